The number of aryl methyl sites for hydroxylation is 1. The fourth-order valence-electron chi connectivity index (χ4n) is 3.86. The maximum Gasteiger partial charge on any atom is 0.411 e. The summed E-state index contributed by atoms with van der Waals surface area (Å²) in [4.78, 5) is 19.6. The van der Waals surface area contributed by atoms with Crippen molar-refractivity contribution in [3.8, 4) is 11.3 Å². The first-order valence-corrected chi connectivity index (χ1v) is 10.1. The quantitative estimate of drug-likeness (QED) is 0.512. The standard InChI is InChI=1S/C21H27N7O2/c1-28-19(9-10-24-28)16-6-4-3-5-15(22)20-23-12-18(27-20)14-8-7-13(11-17(14)26-16)25-21(29)30-2/h7-12,15-16,26H,3-6,22H2,1-2H3,(H,23,27)(H,25,29)/t15-,16-/m0/s1. The minimum Gasteiger partial charge on any atom is -0.453 e. The molecule has 3 heterocycles. The fourth-order valence-corrected chi connectivity index (χ4v) is 3.86. The zero-order valence-electron chi connectivity index (χ0n) is 17.2. The lowest BCUT2D eigenvalue weighted by Gasteiger charge is -2.23. The number of carbonyl (C=O) groups is 1. The molecule has 30 heavy (non-hydrogen) atoms. The van der Waals surface area contributed by atoms with E-state index in [4.69, 9.17) is 15.5 Å². The molecule has 0 spiro atoms. The highest BCUT2D eigenvalue weighted by Gasteiger charge is 2.21. The predicted octanol–water partition coefficient (Wildman–Crippen LogP) is 3.72. The van der Waals surface area contributed by atoms with Gasteiger partial charge in [-0.05, 0) is 37.1 Å². The highest BCUT2D eigenvalue weighted by atomic mass is 16.5. The SMILES string of the molecule is COC(=O)Nc1ccc2c(c1)N[C@H](c1ccnn1C)CCCC[C@H](N)c1nc-2c[nH]1. The molecule has 9 nitrogen and oxygen atoms in total. The van der Waals surface area contributed by atoms with Crippen LogP contribution in [0, 0.1) is 0 Å². The molecule has 3 aromatic rings. The van der Waals surface area contributed by atoms with Crippen molar-refractivity contribution in [1.82, 2.24) is 19.7 Å². The molecule has 0 fully saturated rings. The lowest BCUT2D eigenvalue weighted by atomic mass is 10.0. The molecule has 1 aliphatic rings. The molecule has 0 saturated carbocycles. The first kappa shape index (κ1) is 20.0. The van der Waals surface area contributed by atoms with Crippen molar-refractivity contribution in [3.05, 3.63) is 48.2 Å². The summed E-state index contributed by atoms with van der Waals surface area (Å²) in [6.07, 6.45) is 6.99. The van der Waals surface area contributed by atoms with Gasteiger partial charge in [0.15, 0.2) is 0 Å². The molecule has 0 saturated heterocycles. The number of methoxy groups -OCH3 is 1. The van der Waals surface area contributed by atoms with Crippen molar-refractivity contribution in [1.29, 1.82) is 0 Å². The Morgan fingerprint density at radius 3 is 2.90 bits per heavy atom. The van der Waals surface area contributed by atoms with Crippen LogP contribution in [0.15, 0.2) is 36.7 Å². The number of imidazole rings is 1. The zero-order valence-corrected chi connectivity index (χ0v) is 17.2. The number of hydrogen-bond donors (Lipinski definition) is 4. The van der Waals surface area contributed by atoms with Crippen molar-refractivity contribution >= 4 is 17.5 Å². The summed E-state index contributed by atoms with van der Waals surface area (Å²) < 4.78 is 6.61. The normalized spacial score (nSPS) is 19.0. The van der Waals surface area contributed by atoms with Crippen LogP contribution in [0.3, 0.4) is 0 Å². The van der Waals surface area contributed by atoms with Gasteiger partial charge in [0.1, 0.15) is 5.82 Å². The number of nitrogens with zero attached hydrogens (tertiary/aromatic N) is 3. The first-order chi connectivity index (χ1) is 14.5. The van der Waals surface area contributed by atoms with Gasteiger partial charge in [0, 0.05) is 36.4 Å². The van der Waals surface area contributed by atoms with Gasteiger partial charge >= 0.3 is 6.09 Å². The third-order valence-electron chi connectivity index (χ3n) is 5.48. The number of aromatic nitrogens is 4. The minimum atomic E-state index is -0.515. The molecule has 4 rings (SSSR count). The second-order valence-electron chi connectivity index (χ2n) is 7.52. The second-order valence-corrected chi connectivity index (χ2v) is 7.52. The lowest BCUT2D eigenvalue weighted by Crippen LogP contribution is -2.17. The van der Waals surface area contributed by atoms with Gasteiger partial charge in [-0.3, -0.25) is 10.00 Å². The van der Waals surface area contributed by atoms with Gasteiger partial charge < -0.3 is 20.8 Å². The Bertz CT molecular complexity index is 1030. The Morgan fingerprint density at radius 1 is 1.30 bits per heavy atom. The van der Waals surface area contributed by atoms with Crippen LogP contribution in [0.1, 0.15) is 49.3 Å². The number of benzene rings is 1. The van der Waals surface area contributed by atoms with Crippen LogP contribution < -0.4 is 16.4 Å². The van der Waals surface area contributed by atoms with Crippen LogP contribution in [0.25, 0.3) is 11.3 Å². The molecular weight excluding hydrogens is 382 g/mol. The summed E-state index contributed by atoms with van der Waals surface area (Å²) in [5.74, 6) is 0.788. The van der Waals surface area contributed by atoms with Crippen LogP contribution in [0.5, 0.6) is 0 Å². The summed E-state index contributed by atoms with van der Waals surface area (Å²) in [6, 6.07) is 7.62. The van der Waals surface area contributed by atoms with Gasteiger partial charge in [-0.15, -0.1) is 0 Å². The summed E-state index contributed by atoms with van der Waals surface area (Å²) >= 11 is 0. The number of hydrogen-bond acceptors (Lipinski definition) is 6. The Hall–Kier alpha value is -3.33. The number of rotatable bonds is 2. The van der Waals surface area contributed by atoms with Crippen LogP contribution in [-0.4, -0.2) is 33.0 Å². The Balaban J connectivity index is 1.77. The van der Waals surface area contributed by atoms with E-state index < -0.39 is 6.09 Å². The maximum absolute atomic E-state index is 11.7. The summed E-state index contributed by atoms with van der Waals surface area (Å²) in [5, 5.41) is 10.7. The van der Waals surface area contributed by atoms with Gasteiger partial charge in [-0.1, -0.05) is 12.8 Å². The summed E-state index contributed by atoms with van der Waals surface area (Å²) in [7, 11) is 3.29. The van der Waals surface area contributed by atoms with Gasteiger partial charge in [-0.25, -0.2) is 9.78 Å². The molecule has 2 aromatic heterocycles. The molecular formula is C21H27N7O2. The molecule has 0 unspecified atom stereocenters. The zero-order chi connectivity index (χ0) is 21.1. The highest BCUT2D eigenvalue weighted by molar-refractivity contribution is 5.88. The van der Waals surface area contributed by atoms with Crippen LogP contribution in [-0.2, 0) is 11.8 Å². The first-order valence-electron chi connectivity index (χ1n) is 10.1. The Labute approximate surface area is 175 Å². The average molecular weight is 409 g/mol. The molecule has 2 atom stereocenters. The Morgan fingerprint density at radius 2 is 2.13 bits per heavy atom. The molecule has 0 aliphatic carbocycles. The van der Waals surface area contributed by atoms with Crippen molar-refractivity contribution in [3.63, 3.8) is 0 Å². The van der Waals surface area contributed by atoms with Crippen molar-refractivity contribution in [2.24, 2.45) is 12.8 Å². The van der Waals surface area contributed by atoms with Gasteiger partial charge in [0.2, 0.25) is 0 Å². The smallest absolute Gasteiger partial charge is 0.411 e. The molecule has 1 amide bonds. The highest BCUT2D eigenvalue weighted by Crippen LogP contribution is 2.35. The van der Waals surface area contributed by atoms with E-state index in [-0.39, 0.29) is 12.1 Å². The largest absolute Gasteiger partial charge is 0.453 e. The number of fused-ring (bicyclic) bond motifs is 4. The maximum atomic E-state index is 11.7. The van der Waals surface area contributed by atoms with Crippen LogP contribution in [0.2, 0.25) is 0 Å². The minimum absolute atomic E-state index is 0.0543. The van der Waals surface area contributed by atoms with Gasteiger partial charge in [-0.2, -0.15) is 5.10 Å². The van der Waals surface area contributed by atoms with E-state index >= 15 is 0 Å². The van der Waals surface area contributed by atoms with Crippen LogP contribution >= 0.6 is 0 Å². The van der Waals surface area contributed by atoms with Gasteiger partial charge in [0.05, 0.1) is 30.6 Å². The van der Waals surface area contributed by atoms with Crippen LogP contribution in [0.4, 0.5) is 16.2 Å². The number of ether oxygens (including phenoxy) is 1. The van der Waals surface area contributed by atoms with E-state index in [1.54, 1.807) is 6.20 Å². The number of carbonyl (C=O) groups excluding carboxylic acids is 1. The molecule has 0 radical (unpaired) electrons. The van der Waals surface area contributed by atoms with E-state index in [1.165, 1.54) is 7.11 Å². The lowest BCUT2D eigenvalue weighted by molar-refractivity contribution is 0.187. The average Bonchev–Trinajstić information content (AvgIpc) is 3.39. The fraction of sp³-hybridized carbons (Fsp3) is 0.381. The van der Waals surface area contributed by atoms with E-state index in [2.05, 4.69) is 20.7 Å². The molecule has 5 N–H and O–H groups in total. The number of nitrogens with two attached hydrogens (primary N) is 1. The van der Waals surface area contributed by atoms with E-state index in [9.17, 15) is 4.79 Å². The van der Waals surface area contributed by atoms with E-state index in [0.717, 1.165) is 54.1 Å². The molecule has 1 aromatic carbocycles. The number of anilines is 2. The molecule has 1 aliphatic heterocycles. The molecule has 2 bridgehead atoms. The number of nitrogens with one attached hydrogen (secondary N) is 3. The van der Waals surface area contributed by atoms with Crippen molar-refractivity contribution in [2.45, 2.75) is 37.8 Å². The van der Waals surface area contributed by atoms with Gasteiger partial charge in [0.25, 0.3) is 0 Å². The summed E-state index contributed by atoms with van der Waals surface area (Å²) in [5.41, 5.74) is 10.7. The molecule has 9 heteroatoms. The topological polar surface area (TPSA) is 123 Å². The number of amides is 1. The van der Waals surface area contributed by atoms with Crippen molar-refractivity contribution < 1.29 is 9.53 Å². The third kappa shape index (κ3) is 4.16. The monoisotopic (exact) mass is 409 g/mol. The van der Waals surface area contributed by atoms with Crippen molar-refractivity contribution in [2.75, 3.05) is 17.7 Å². The predicted molar refractivity (Wildman–Crippen MR) is 115 cm³/mol. The second kappa shape index (κ2) is 8.58. The summed E-state index contributed by atoms with van der Waals surface area (Å²) in [6.45, 7) is 0. The number of H-pyrrole nitrogens is 1. The van der Waals surface area contributed by atoms with E-state index in [0.29, 0.717) is 5.69 Å². The number of aromatic amines is 1. The third-order valence-corrected chi connectivity index (χ3v) is 5.48. The van der Waals surface area contributed by atoms with E-state index in [1.807, 2.05) is 42.2 Å². The molecule has 158 valence electrons. The Kier molecular flexibility index (Phi) is 5.71.